The first-order valence-corrected chi connectivity index (χ1v) is 19.6. The van der Waals surface area contributed by atoms with Crippen LogP contribution in [0.2, 0.25) is 0 Å². The number of hydrogen-bond acceptors (Lipinski definition) is 4. The highest BCUT2D eigenvalue weighted by Crippen LogP contribution is 2.45. The van der Waals surface area contributed by atoms with Gasteiger partial charge in [-0.15, -0.1) is 0 Å². The predicted molar refractivity (Wildman–Crippen MR) is 241 cm³/mol. The molecule has 0 saturated carbocycles. The molecule has 0 bridgehead atoms. The maximum absolute atomic E-state index is 4.96. The molecule has 58 heavy (non-hydrogen) atoms. The molecule has 12 aromatic rings. The molecule has 0 fully saturated rings. The van der Waals surface area contributed by atoms with Crippen LogP contribution in [0.4, 0.5) is 0 Å². The van der Waals surface area contributed by atoms with Gasteiger partial charge in [0, 0.05) is 29.1 Å². The minimum Gasteiger partial charge on any atom is -0.264 e. The maximum Gasteiger partial charge on any atom is 0.165 e. The van der Waals surface area contributed by atoms with Crippen LogP contribution in [0.1, 0.15) is 0 Å². The summed E-state index contributed by atoms with van der Waals surface area (Å²) in [7, 11) is 0. The number of hydrogen-bond donors (Lipinski definition) is 0. The van der Waals surface area contributed by atoms with Crippen molar-refractivity contribution < 1.29 is 0 Å². The lowest BCUT2D eigenvalue weighted by Gasteiger charge is -2.18. The maximum atomic E-state index is 4.96. The number of pyridine rings is 1. The molecule has 2 heterocycles. The van der Waals surface area contributed by atoms with Gasteiger partial charge in [0.1, 0.15) is 0 Å². The van der Waals surface area contributed by atoms with Crippen molar-refractivity contribution in [2.45, 2.75) is 0 Å². The predicted octanol–water partition coefficient (Wildman–Crippen LogP) is 14.0. The van der Waals surface area contributed by atoms with E-state index in [1.165, 1.54) is 75.8 Å². The number of benzene rings is 9. The Kier molecular flexibility index (Phi) is 7.20. The van der Waals surface area contributed by atoms with E-state index in [9.17, 15) is 0 Å². The SMILES string of the molecule is c1ccc(-c2nc(-c3ccc(-c4ccccc4-c4cc5ccc6cccc7c8cccc9ccc%10cccc(c(c4)c5c67)c%10c98)cc3)nc(-c3cccnc3)n2)cc1. The third-order valence-corrected chi connectivity index (χ3v) is 11.7. The number of rotatable bonds is 5. The van der Waals surface area contributed by atoms with Gasteiger partial charge in [-0.1, -0.05) is 158 Å². The van der Waals surface area contributed by atoms with Crippen molar-refractivity contribution in [3.05, 3.63) is 194 Å². The van der Waals surface area contributed by atoms with Crippen molar-refractivity contribution in [2.24, 2.45) is 0 Å². The van der Waals surface area contributed by atoms with Gasteiger partial charge in [0.15, 0.2) is 17.5 Å². The minimum absolute atomic E-state index is 0.591. The van der Waals surface area contributed by atoms with Crippen LogP contribution in [-0.2, 0) is 0 Å². The van der Waals surface area contributed by atoms with E-state index in [0.29, 0.717) is 17.5 Å². The van der Waals surface area contributed by atoms with Crippen LogP contribution in [0.3, 0.4) is 0 Å². The summed E-state index contributed by atoms with van der Waals surface area (Å²) in [4.78, 5) is 19.1. The molecule has 0 atom stereocenters. The van der Waals surface area contributed by atoms with Gasteiger partial charge in [0.2, 0.25) is 0 Å². The van der Waals surface area contributed by atoms with Gasteiger partial charge in [-0.3, -0.25) is 4.98 Å². The van der Waals surface area contributed by atoms with E-state index in [2.05, 4.69) is 145 Å². The summed E-state index contributed by atoms with van der Waals surface area (Å²) in [5.74, 6) is 1.83. The molecule has 10 aromatic carbocycles. The van der Waals surface area contributed by atoms with Crippen LogP contribution < -0.4 is 0 Å². The summed E-state index contributed by atoms with van der Waals surface area (Å²) in [6, 6.07) is 65.5. The van der Waals surface area contributed by atoms with Gasteiger partial charge in [0.05, 0.1) is 0 Å². The lowest BCUT2D eigenvalue weighted by atomic mass is 9.85. The van der Waals surface area contributed by atoms with Crippen molar-refractivity contribution in [1.29, 1.82) is 0 Å². The fraction of sp³-hybridized carbons (Fsp3) is 0. The van der Waals surface area contributed by atoms with Gasteiger partial charge in [-0.2, -0.15) is 0 Å². The van der Waals surface area contributed by atoms with Gasteiger partial charge in [-0.05, 0) is 111 Å². The summed E-state index contributed by atoms with van der Waals surface area (Å²) < 4.78 is 0. The average Bonchev–Trinajstić information content (AvgIpc) is 3.30. The van der Waals surface area contributed by atoms with E-state index in [1.54, 1.807) is 12.4 Å². The fourth-order valence-electron chi connectivity index (χ4n) is 9.07. The third-order valence-electron chi connectivity index (χ3n) is 11.7. The first kappa shape index (κ1) is 32.4. The van der Waals surface area contributed by atoms with Gasteiger partial charge >= 0.3 is 0 Å². The highest BCUT2D eigenvalue weighted by molar-refractivity contribution is 6.37. The Labute approximate surface area is 334 Å². The zero-order chi connectivity index (χ0) is 38.2. The Hall–Kier alpha value is -7.82. The Bertz CT molecular complexity index is 3480. The molecular weight excluding hydrogens is 705 g/mol. The zero-order valence-corrected chi connectivity index (χ0v) is 31.3. The summed E-state index contributed by atoms with van der Waals surface area (Å²) >= 11 is 0. The molecule has 268 valence electrons. The molecule has 0 radical (unpaired) electrons. The Balaban J connectivity index is 1.05. The molecule has 0 saturated heterocycles. The lowest BCUT2D eigenvalue weighted by molar-refractivity contribution is 1.07. The second-order valence-electron chi connectivity index (χ2n) is 15.0. The van der Waals surface area contributed by atoms with Crippen molar-refractivity contribution in [3.8, 4) is 56.4 Å². The minimum atomic E-state index is 0.591. The van der Waals surface area contributed by atoms with Gasteiger partial charge in [0.25, 0.3) is 0 Å². The lowest BCUT2D eigenvalue weighted by Crippen LogP contribution is -2.00. The Morgan fingerprint density at radius 3 is 1.33 bits per heavy atom. The van der Waals surface area contributed by atoms with Crippen LogP contribution >= 0.6 is 0 Å². The van der Waals surface area contributed by atoms with Crippen molar-refractivity contribution in [2.75, 3.05) is 0 Å². The number of aromatic nitrogens is 4. The van der Waals surface area contributed by atoms with Crippen molar-refractivity contribution in [1.82, 2.24) is 19.9 Å². The zero-order valence-electron chi connectivity index (χ0n) is 31.3. The van der Waals surface area contributed by atoms with E-state index in [1.807, 2.05) is 42.5 Å². The smallest absolute Gasteiger partial charge is 0.165 e. The largest absolute Gasteiger partial charge is 0.264 e. The molecule has 0 unspecified atom stereocenters. The molecule has 4 heteroatoms. The van der Waals surface area contributed by atoms with E-state index >= 15 is 0 Å². The molecule has 0 N–H and O–H groups in total. The van der Waals surface area contributed by atoms with Crippen LogP contribution in [0.25, 0.3) is 121 Å². The summed E-state index contributed by atoms with van der Waals surface area (Å²) in [6.45, 7) is 0. The summed E-state index contributed by atoms with van der Waals surface area (Å²) in [6.07, 6.45) is 3.55. The molecular formula is C54H32N4. The standard InChI is InChI=1S/C54H32N4/c1-2-10-37(11-3-1)52-56-53(58-54(57-52)40-15-9-29-55-32-40)38-26-21-33(22-27-38)42-16-4-5-17-43(42)41-30-39-28-25-36-13-7-19-45-44-18-6-12-34-23-24-35-14-8-20-46(50(35)48(34)44)47(31-41)51(39)49(36)45/h1-32H. The quantitative estimate of drug-likeness (QED) is 0.165. The average molecular weight is 737 g/mol. The monoisotopic (exact) mass is 736 g/mol. The molecule has 0 aliphatic rings. The van der Waals surface area contributed by atoms with Gasteiger partial charge in [-0.25, -0.2) is 15.0 Å². The molecule has 12 rings (SSSR count). The first-order valence-electron chi connectivity index (χ1n) is 19.6. The molecule has 4 nitrogen and oxygen atoms in total. The highest BCUT2D eigenvalue weighted by atomic mass is 15.0. The topological polar surface area (TPSA) is 51.6 Å². The second-order valence-corrected chi connectivity index (χ2v) is 15.0. The summed E-state index contributed by atoms with van der Waals surface area (Å²) in [5, 5.41) is 15.3. The molecule has 0 aliphatic carbocycles. The molecule has 0 spiro atoms. The third kappa shape index (κ3) is 5.09. The Morgan fingerprint density at radius 1 is 0.276 bits per heavy atom. The second kappa shape index (κ2) is 12.9. The first-order chi connectivity index (χ1) is 28.7. The number of nitrogens with zero attached hydrogens (tertiary/aromatic N) is 4. The fourth-order valence-corrected chi connectivity index (χ4v) is 9.07. The van der Waals surface area contributed by atoms with E-state index in [0.717, 1.165) is 27.8 Å². The van der Waals surface area contributed by atoms with Crippen LogP contribution in [0.5, 0.6) is 0 Å². The van der Waals surface area contributed by atoms with Crippen LogP contribution in [0, 0.1) is 0 Å². The molecule has 2 aromatic heterocycles. The molecule has 0 aliphatic heterocycles. The van der Waals surface area contributed by atoms with E-state index in [-0.39, 0.29) is 0 Å². The van der Waals surface area contributed by atoms with Crippen LogP contribution in [-0.4, -0.2) is 19.9 Å². The van der Waals surface area contributed by atoms with Crippen molar-refractivity contribution >= 4 is 64.6 Å². The Morgan fingerprint density at radius 2 is 0.741 bits per heavy atom. The van der Waals surface area contributed by atoms with Gasteiger partial charge < -0.3 is 0 Å². The van der Waals surface area contributed by atoms with Crippen molar-refractivity contribution in [3.63, 3.8) is 0 Å². The van der Waals surface area contributed by atoms with E-state index < -0.39 is 0 Å². The molecule has 0 amide bonds. The van der Waals surface area contributed by atoms with E-state index in [4.69, 9.17) is 15.0 Å². The summed E-state index contributed by atoms with van der Waals surface area (Å²) in [5.41, 5.74) is 7.34. The normalized spacial score (nSPS) is 11.8. The number of fused-ring (bicyclic) bond motifs is 2. The van der Waals surface area contributed by atoms with Crippen LogP contribution in [0.15, 0.2) is 194 Å². The highest BCUT2D eigenvalue weighted by Gasteiger charge is 2.18.